The number of carbonyl (C=O) groups excluding carboxylic acids is 1. The van der Waals surface area contributed by atoms with E-state index in [9.17, 15) is 4.79 Å². The molecular formula is C16H25N3O2S. The lowest BCUT2D eigenvalue weighted by Crippen LogP contribution is -2.42. The fraction of sp³-hybridized carbons (Fsp3) is 0.750. The van der Waals surface area contributed by atoms with Crippen molar-refractivity contribution in [3.05, 3.63) is 16.1 Å². The number of morpholine rings is 1. The Balaban J connectivity index is 1.49. The normalized spacial score (nSPS) is 23.7. The smallest absolute Gasteiger partial charge is 0.223 e. The lowest BCUT2D eigenvalue weighted by atomic mass is 9.98. The molecule has 1 amide bonds. The molecule has 5 nitrogen and oxygen atoms in total. The minimum Gasteiger partial charge on any atom is -0.379 e. The van der Waals surface area contributed by atoms with E-state index in [0.717, 1.165) is 58.8 Å². The van der Waals surface area contributed by atoms with Crippen LogP contribution in [-0.2, 0) is 9.53 Å². The van der Waals surface area contributed by atoms with Crippen molar-refractivity contribution in [3.8, 4) is 0 Å². The molecule has 3 heterocycles. The number of hydrogen-bond acceptors (Lipinski definition) is 5. The van der Waals surface area contributed by atoms with Crippen molar-refractivity contribution in [2.45, 2.75) is 32.1 Å². The van der Waals surface area contributed by atoms with Crippen LogP contribution >= 0.6 is 11.3 Å². The van der Waals surface area contributed by atoms with Crippen LogP contribution in [0.25, 0.3) is 0 Å². The van der Waals surface area contributed by atoms with Crippen LogP contribution < -0.4 is 0 Å². The van der Waals surface area contributed by atoms with Gasteiger partial charge in [0, 0.05) is 56.1 Å². The quantitative estimate of drug-likeness (QED) is 0.849. The minimum atomic E-state index is 0.296. The van der Waals surface area contributed by atoms with Crippen molar-refractivity contribution < 1.29 is 9.53 Å². The number of carbonyl (C=O) groups is 1. The van der Waals surface area contributed by atoms with Crippen molar-refractivity contribution >= 4 is 17.2 Å². The van der Waals surface area contributed by atoms with E-state index in [2.05, 4.69) is 16.8 Å². The van der Waals surface area contributed by atoms with E-state index in [1.807, 2.05) is 11.1 Å². The average Bonchev–Trinajstić information content (AvgIpc) is 3.00. The number of thiazole rings is 1. The summed E-state index contributed by atoms with van der Waals surface area (Å²) < 4.78 is 5.35. The van der Waals surface area contributed by atoms with E-state index in [-0.39, 0.29) is 0 Å². The molecule has 0 spiro atoms. The number of nitrogens with zero attached hydrogens (tertiary/aromatic N) is 3. The van der Waals surface area contributed by atoms with Gasteiger partial charge in [-0.2, -0.15) is 0 Å². The first kappa shape index (κ1) is 15.9. The maximum absolute atomic E-state index is 12.5. The predicted octanol–water partition coefficient (Wildman–Crippen LogP) is 1.88. The molecule has 0 N–H and O–H groups in total. The van der Waals surface area contributed by atoms with E-state index in [1.165, 1.54) is 9.88 Å². The maximum atomic E-state index is 12.5. The van der Waals surface area contributed by atoms with Crippen LogP contribution in [0.1, 0.15) is 35.1 Å². The number of amides is 1. The van der Waals surface area contributed by atoms with Crippen LogP contribution in [0.5, 0.6) is 0 Å². The molecule has 0 aromatic carbocycles. The first-order valence-corrected chi connectivity index (χ1v) is 9.04. The van der Waals surface area contributed by atoms with Gasteiger partial charge in [-0.15, -0.1) is 11.3 Å². The van der Waals surface area contributed by atoms with E-state index in [1.54, 1.807) is 11.3 Å². The second-order valence-electron chi connectivity index (χ2n) is 6.19. The summed E-state index contributed by atoms with van der Waals surface area (Å²) >= 11 is 1.77. The summed E-state index contributed by atoms with van der Waals surface area (Å²) in [5.74, 6) is 0.726. The van der Waals surface area contributed by atoms with Gasteiger partial charge in [0.15, 0.2) is 0 Å². The molecule has 3 rings (SSSR count). The number of piperidine rings is 1. The van der Waals surface area contributed by atoms with E-state index in [0.29, 0.717) is 18.2 Å². The van der Waals surface area contributed by atoms with Gasteiger partial charge in [0.05, 0.1) is 18.2 Å². The molecule has 0 unspecified atom stereocenters. The molecule has 122 valence electrons. The zero-order valence-corrected chi connectivity index (χ0v) is 14.1. The second-order valence-corrected chi connectivity index (χ2v) is 7.46. The minimum absolute atomic E-state index is 0.296. The average molecular weight is 323 g/mol. The summed E-state index contributed by atoms with van der Waals surface area (Å²) in [6, 6.07) is 0. The van der Waals surface area contributed by atoms with Crippen molar-refractivity contribution in [2.75, 3.05) is 45.9 Å². The summed E-state index contributed by atoms with van der Waals surface area (Å²) in [6.45, 7) is 8.20. The number of likely N-dealkylation sites (tertiary alicyclic amines) is 1. The fourth-order valence-corrected chi connectivity index (χ4v) is 4.10. The first-order valence-electron chi connectivity index (χ1n) is 8.22. The summed E-state index contributed by atoms with van der Waals surface area (Å²) in [7, 11) is 0. The maximum Gasteiger partial charge on any atom is 0.223 e. The fourth-order valence-electron chi connectivity index (χ4n) is 3.20. The standard InChI is InChI=1S/C16H25N3O2S/c1-13-11-17-16(22-13)14-3-2-5-19(12-14)15(20)4-6-18-7-9-21-10-8-18/h11,14H,2-10,12H2,1H3/t14-/m0/s1. The molecule has 22 heavy (non-hydrogen) atoms. The zero-order chi connectivity index (χ0) is 15.4. The van der Waals surface area contributed by atoms with Crippen LogP contribution in [-0.4, -0.2) is 66.6 Å². The van der Waals surface area contributed by atoms with Gasteiger partial charge in [0.25, 0.3) is 0 Å². The van der Waals surface area contributed by atoms with E-state index in [4.69, 9.17) is 4.74 Å². The van der Waals surface area contributed by atoms with Gasteiger partial charge in [0.2, 0.25) is 5.91 Å². The van der Waals surface area contributed by atoms with Gasteiger partial charge in [0.1, 0.15) is 0 Å². The predicted molar refractivity (Wildman–Crippen MR) is 87.3 cm³/mol. The Kier molecular flexibility index (Phi) is 5.44. The van der Waals surface area contributed by atoms with Crippen molar-refractivity contribution in [1.82, 2.24) is 14.8 Å². The summed E-state index contributed by atoms with van der Waals surface area (Å²) in [5, 5.41) is 1.20. The van der Waals surface area contributed by atoms with Crippen LogP contribution in [0.2, 0.25) is 0 Å². The second kappa shape index (κ2) is 7.53. The molecule has 0 bridgehead atoms. The molecule has 2 aliphatic heterocycles. The Morgan fingerprint density at radius 3 is 2.95 bits per heavy atom. The highest BCUT2D eigenvalue weighted by atomic mass is 32.1. The highest BCUT2D eigenvalue weighted by molar-refractivity contribution is 7.11. The Morgan fingerprint density at radius 1 is 1.41 bits per heavy atom. The number of rotatable bonds is 4. The third-order valence-electron chi connectivity index (χ3n) is 4.51. The van der Waals surface area contributed by atoms with Gasteiger partial charge in [-0.1, -0.05) is 0 Å². The van der Waals surface area contributed by atoms with E-state index >= 15 is 0 Å². The Morgan fingerprint density at radius 2 is 2.23 bits per heavy atom. The molecule has 0 aliphatic carbocycles. The van der Waals surface area contributed by atoms with Crippen LogP contribution in [0, 0.1) is 6.92 Å². The number of ether oxygens (including phenoxy) is 1. The molecule has 1 atom stereocenters. The molecule has 2 aliphatic rings. The topological polar surface area (TPSA) is 45.7 Å². The highest BCUT2D eigenvalue weighted by Gasteiger charge is 2.26. The Labute approximate surface area is 136 Å². The Bertz CT molecular complexity index is 499. The molecule has 2 fully saturated rings. The largest absolute Gasteiger partial charge is 0.379 e. The molecule has 2 saturated heterocycles. The molecule has 6 heteroatoms. The Hall–Kier alpha value is -0.980. The summed E-state index contributed by atoms with van der Waals surface area (Å²) in [5.41, 5.74) is 0. The van der Waals surface area contributed by atoms with Gasteiger partial charge in [-0.25, -0.2) is 4.98 Å². The highest BCUT2D eigenvalue weighted by Crippen LogP contribution is 2.29. The zero-order valence-electron chi connectivity index (χ0n) is 13.3. The first-order chi connectivity index (χ1) is 10.7. The lowest BCUT2D eigenvalue weighted by molar-refractivity contribution is -0.133. The summed E-state index contributed by atoms with van der Waals surface area (Å²) in [6.07, 6.45) is 4.82. The lowest BCUT2D eigenvalue weighted by Gasteiger charge is -2.33. The summed E-state index contributed by atoms with van der Waals surface area (Å²) in [4.78, 5) is 22.6. The third kappa shape index (κ3) is 4.06. The SMILES string of the molecule is Cc1cnc([C@H]2CCCN(C(=O)CCN3CCOCC3)C2)s1. The molecule has 1 aromatic rings. The number of aromatic nitrogens is 1. The van der Waals surface area contributed by atoms with Crippen molar-refractivity contribution in [3.63, 3.8) is 0 Å². The number of hydrogen-bond donors (Lipinski definition) is 0. The molecule has 0 saturated carbocycles. The molecule has 1 aromatic heterocycles. The molecular weight excluding hydrogens is 298 g/mol. The van der Waals surface area contributed by atoms with Gasteiger partial charge < -0.3 is 9.64 Å². The number of aryl methyl sites for hydroxylation is 1. The van der Waals surface area contributed by atoms with Crippen LogP contribution in [0.15, 0.2) is 6.20 Å². The molecule has 0 radical (unpaired) electrons. The van der Waals surface area contributed by atoms with Crippen LogP contribution in [0.4, 0.5) is 0 Å². The third-order valence-corrected chi connectivity index (χ3v) is 5.58. The van der Waals surface area contributed by atoms with Crippen molar-refractivity contribution in [2.24, 2.45) is 0 Å². The monoisotopic (exact) mass is 323 g/mol. The van der Waals surface area contributed by atoms with Gasteiger partial charge in [-0.05, 0) is 19.8 Å². The van der Waals surface area contributed by atoms with Crippen molar-refractivity contribution in [1.29, 1.82) is 0 Å². The van der Waals surface area contributed by atoms with Gasteiger partial charge in [-0.3, -0.25) is 9.69 Å². The van der Waals surface area contributed by atoms with Crippen LogP contribution in [0.3, 0.4) is 0 Å². The van der Waals surface area contributed by atoms with Gasteiger partial charge >= 0.3 is 0 Å². The van der Waals surface area contributed by atoms with E-state index < -0.39 is 0 Å².